The molecule has 4 aromatic rings. The molecule has 2 N–H and O–H groups in total. The summed E-state index contributed by atoms with van der Waals surface area (Å²) < 4.78 is 3.21. The van der Waals surface area contributed by atoms with E-state index in [2.05, 4.69) is 15.3 Å². The van der Waals surface area contributed by atoms with E-state index in [4.69, 9.17) is 0 Å². The molecule has 2 aromatic heterocycles. The Morgan fingerprint density at radius 2 is 1.77 bits per heavy atom. The molecular weight excluding hydrogens is 414 g/mol. The van der Waals surface area contributed by atoms with Gasteiger partial charge < -0.3 is 10.3 Å². The number of aromatic amines is 1. The van der Waals surface area contributed by atoms with Crippen LogP contribution in [0.5, 0.6) is 0 Å². The highest BCUT2D eigenvalue weighted by Crippen LogP contribution is 2.22. The highest BCUT2D eigenvalue weighted by atomic mass is 32.2. The van der Waals surface area contributed by atoms with E-state index >= 15 is 0 Å². The maximum atomic E-state index is 13.0. The number of nitrogens with zero attached hydrogens (tertiary/aromatic N) is 3. The Kier molecular flexibility index (Phi) is 5.51. The Bertz CT molecular complexity index is 1390. The van der Waals surface area contributed by atoms with Crippen LogP contribution < -0.4 is 16.4 Å². The molecule has 0 saturated heterocycles. The van der Waals surface area contributed by atoms with Crippen LogP contribution in [0, 0.1) is 6.92 Å². The molecule has 0 saturated carbocycles. The predicted molar refractivity (Wildman–Crippen MR) is 122 cm³/mol. The second-order valence-electron chi connectivity index (χ2n) is 7.07. The van der Waals surface area contributed by atoms with E-state index in [1.807, 2.05) is 30.3 Å². The highest BCUT2D eigenvalue weighted by Gasteiger charge is 2.22. The number of carbonyl (C=O) groups excluding carboxylic acids is 1. The van der Waals surface area contributed by atoms with Crippen LogP contribution in [0.2, 0.25) is 0 Å². The lowest BCUT2D eigenvalue weighted by atomic mass is 10.2. The summed E-state index contributed by atoms with van der Waals surface area (Å²) in [5, 5.41) is 2.99. The smallest absolute Gasteiger partial charge is 0.295 e. The van der Waals surface area contributed by atoms with Crippen molar-refractivity contribution in [3.8, 4) is 5.69 Å². The van der Waals surface area contributed by atoms with Gasteiger partial charge in [-0.1, -0.05) is 42.1 Å². The topological polar surface area (TPSA) is 102 Å². The summed E-state index contributed by atoms with van der Waals surface area (Å²) in [6.45, 7) is 3.47. The Morgan fingerprint density at radius 3 is 2.52 bits per heavy atom. The van der Waals surface area contributed by atoms with Crippen LogP contribution in [-0.2, 0) is 11.8 Å². The van der Waals surface area contributed by atoms with Crippen LogP contribution in [0.3, 0.4) is 0 Å². The number of benzene rings is 2. The zero-order valence-corrected chi connectivity index (χ0v) is 18.1. The van der Waals surface area contributed by atoms with Gasteiger partial charge in [-0.25, -0.2) is 9.67 Å². The maximum absolute atomic E-state index is 13.0. The average molecular weight is 436 g/mol. The molecule has 0 unspecified atom stereocenters. The summed E-state index contributed by atoms with van der Waals surface area (Å²) in [6, 6.07) is 16.2. The van der Waals surface area contributed by atoms with E-state index in [1.165, 1.54) is 4.68 Å². The van der Waals surface area contributed by atoms with Gasteiger partial charge in [-0.15, -0.1) is 0 Å². The van der Waals surface area contributed by atoms with Crippen molar-refractivity contribution in [3.05, 3.63) is 81.0 Å². The molecule has 1 atom stereocenters. The Hall–Kier alpha value is -3.59. The van der Waals surface area contributed by atoms with E-state index in [0.29, 0.717) is 27.4 Å². The number of amides is 1. The SMILES string of the molecule is Cc1c(NC(=O)[C@H](C)Sc2nc3ccccc3c(=O)[nH]2)c(=O)n(-c2ccccc2)n1C. The van der Waals surface area contributed by atoms with Gasteiger partial charge in [-0.2, -0.15) is 0 Å². The Morgan fingerprint density at radius 1 is 1.10 bits per heavy atom. The zero-order chi connectivity index (χ0) is 22.1. The summed E-state index contributed by atoms with van der Waals surface area (Å²) in [4.78, 5) is 45.2. The lowest BCUT2D eigenvalue weighted by Gasteiger charge is -2.11. The minimum atomic E-state index is -0.589. The average Bonchev–Trinajstić information content (AvgIpc) is 2.97. The van der Waals surface area contributed by atoms with E-state index < -0.39 is 5.25 Å². The van der Waals surface area contributed by atoms with Gasteiger partial charge in [0, 0.05) is 7.05 Å². The molecule has 9 heteroatoms. The molecule has 0 aliphatic rings. The maximum Gasteiger partial charge on any atom is 0.295 e. The van der Waals surface area contributed by atoms with Crippen molar-refractivity contribution in [2.45, 2.75) is 24.3 Å². The number of anilines is 1. The number of aromatic nitrogens is 4. The van der Waals surface area contributed by atoms with Gasteiger partial charge in [0.15, 0.2) is 5.16 Å². The molecule has 1 amide bonds. The molecule has 0 spiro atoms. The van der Waals surface area contributed by atoms with Gasteiger partial charge >= 0.3 is 0 Å². The molecule has 0 aliphatic heterocycles. The van der Waals surface area contributed by atoms with Gasteiger partial charge in [0.1, 0.15) is 5.69 Å². The molecule has 0 radical (unpaired) electrons. The van der Waals surface area contributed by atoms with E-state index in [9.17, 15) is 14.4 Å². The summed E-state index contributed by atoms with van der Waals surface area (Å²) in [5.41, 5.74) is 1.56. The molecule has 31 heavy (non-hydrogen) atoms. The molecule has 0 aliphatic carbocycles. The van der Waals surface area contributed by atoms with Crippen LogP contribution in [0.1, 0.15) is 12.6 Å². The van der Waals surface area contributed by atoms with Gasteiger partial charge in [0.25, 0.3) is 11.1 Å². The number of nitrogens with one attached hydrogen (secondary N) is 2. The monoisotopic (exact) mass is 435 g/mol. The molecule has 0 fully saturated rings. The van der Waals surface area contributed by atoms with E-state index in [1.54, 1.807) is 49.8 Å². The Labute approximate surface area is 181 Å². The number of hydrogen-bond donors (Lipinski definition) is 2. The second kappa shape index (κ2) is 8.27. The standard InChI is InChI=1S/C22H21N5O3S/c1-13-18(21(30)27(26(13)3)15-9-5-4-6-10-15)24-19(28)14(2)31-22-23-17-12-8-7-11-16(17)20(29)25-22/h4-12,14H,1-3H3,(H,24,28)(H,23,25,29)/t14-/m0/s1. The minimum Gasteiger partial charge on any atom is -0.319 e. The summed E-state index contributed by atoms with van der Waals surface area (Å²) in [6.07, 6.45) is 0. The first-order valence-electron chi connectivity index (χ1n) is 9.67. The fourth-order valence-corrected chi connectivity index (χ4v) is 4.08. The van der Waals surface area contributed by atoms with Gasteiger partial charge in [0.2, 0.25) is 5.91 Å². The van der Waals surface area contributed by atoms with Crippen molar-refractivity contribution in [1.82, 2.24) is 19.3 Å². The normalized spacial score (nSPS) is 12.1. The Balaban J connectivity index is 1.58. The number of rotatable bonds is 5. The number of fused-ring (bicyclic) bond motifs is 1. The van der Waals surface area contributed by atoms with Gasteiger partial charge in [0.05, 0.1) is 27.5 Å². The van der Waals surface area contributed by atoms with Crippen molar-refractivity contribution >= 4 is 34.3 Å². The minimum absolute atomic E-state index is 0.226. The van der Waals surface area contributed by atoms with E-state index in [-0.39, 0.29) is 22.7 Å². The van der Waals surface area contributed by atoms with Crippen LogP contribution in [0.25, 0.3) is 16.6 Å². The molecular formula is C22H21N5O3S. The second-order valence-corrected chi connectivity index (χ2v) is 8.40. The summed E-state index contributed by atoms with van der Waals surface area (Å²) in [7, 11) is 1.77. The molecule has 0 bridgehead atoms. The number of carbonyl (C=O) groups is 1. The number of thioether (sulfide) groups is 1. The first-order chi connectivity index (χ1) is 14.9. The zero-order valence-electron chi connectivity index (χ0n) is 17.2. The van der Waals surface area contributed by atoms with Gasteiger partial charge in [-0.05, 0) is 38.1 Å². The van der Waals surface area contributed by atoms with Crippen molar-refractivity contribution in [2.75, 3.05) is 5.32 Å². The molecule has 2 heterocycles. The number of para-hydroxylation sites is 2. The van der Waals surface area contributed by atoms with Crippen LogP contribution in [0.4, 0.5) is 5.69 Å². The fraction of sp³-hybridized carbons (Fsp3) is 0.182. The number of H-pyrrole nitrogens is 1. The fourth-order valence-electron chi connectivity index (χ4n) is 3.28. The third-order valence-corrected chi connectivity index (χ3v) is 6.04. The molecule has 2 aromatic carbocycles. The van der Waals surface area contributed by atoms with Crippen LogP contribution in [0.15, 0.2) is 69.3 Å². The third kappa shape index (κ3) is 3.91. The lowest BCUT2D eigenvalue weighted by Crippen LogP contribution is -2.27. The number of hydrogen-bond acceptors (Lipinski definition) is 5. The van der Waals surface area contributed by atoms with Crippen molar-refractivity contribution in [3.63, 3.8) is 0 Å². The largest absolute Gasteiger partial charge is 0.319 e. The molecule has 158 valence electrons. The van der Waals surface area contributed by atoms with Crippen molar-refractivity contribution in [1.29, 1.82) is 0 Å². The van der Waals surface area contributed by atoms with Gasteiger partial charge in [-0.3, -0.25) is 19.1 Å². The van der Waals surface area contributed by atoms with E-state index in [0.717, 1.165) is 11.8 Å². The van der Waals surface area contributed by atoms with Crippen LogP contribution >= 0.6 is 11.8 Å². The predicted octanol–water partition coefficient (Wildman–Crippen LogP) is 2.84. The summed E-state index contributed by atoms with van der Waals surface area (Å²) >= 11 is 1.12. The first kappa shape index (κ1) is 20.7. The van der Waals surface area contributed by atoms with Crippen molar-refractivity contribution < 1.29 is 4.79 Å². The molecule has 8 nitrogen and oxygen atoms in total. The first-order valence-corrected chi connectivity index (χ1v) is 10.6. The lowest BCUT2D eigenvalue weighted by molar-refractivity contribution is -0.115. The summed E-state index contributed by atoms with van der Waals surface area (Å²) in [5.74, 6) is -0.355. The third-order valence-electron chi connectivity index (χ3n) is 5.05. The molecule has 4 rings (SSSR count). The highest BCUT2D eigenvalue weighted by molar-refractivity contribution is 8.00. The van der Waals surface area contributed by atoms with Crippen LogP contribution in [-0.4, -0.2) is 30.5 Å². The van der Waals surface area contributed by atoms with Crippen molar-refractivity contribution in [2.24, 2.45) is 7.05 Å². The quantitative estimate of drug-likeness (QED) is 0.371.